The van der Waals surface area contributed by atoms with Crippen molar-refractivity contribution in [2.75, 3.05) is 32.1 Å². The number of likely N-dealkylation sites (tertiary alicyclic amines) is 1. The lowest BCUT2D eigenvalue weighted by atomic mass is 9.90. The molecule has 0 saturated carbocycles. The lowest BCUT2D eigenvalue weighted by Gasteiger charge is -2.33. The fourth-order valence-corrected chi connectivity index (χ4v) is 4.30. The molecule has 3 aromatic rings. The maximum absolute atomic E-state index is 13.6. The molecule has 1 fully saturated rings. The van der Waals surface area contributed by atoms with Crippen molar-refractivity contribution < 1.29 is 14.0 Å². The van der Waals surface area contributed by atoms with Crippen molar-refractivity contribution >= 4 is 28.4 Å². The molecule has 166 valence electrons. The van der Waals surface area contributed by atoms with Crippen LogP contribution in [-0.2, 0) is 11.2 Å². The molecule has 1 aliphatic heterocycles. The number of nitrogens with zero attached hydrogens (tertiary/aromatic N) is 3. The average Bonchev–Trinajstić information content (AvgIpc) is 2.78. The van der Waals surface area contributed by atoms with Gasteiger partial charge in [0.05, 0.1) is 23.2 Å². The molecule has 1 unspecified atom stereocenters. The van der Waals surface area contributed by atoms with Crippen LogP contribution in [-0.4, -0.2) is 48.9 Å². The Balaban J connectivity index is 1.55. The third-order valence-electron chi connectivity index (χ3n) is 6.04. The minimum absolute atomic E-state index is 0.0517. The lowest BCUT2D eigenvalue weighted by Crippen LogP contribution is -2.40. The van der Waals surface area contributed by atoms with Crippen LogP contribution in [0.25, 0.3) is 10.9 Å². The van der Waals surface area contributed by atoms with Gasteiger partial charge in [-0.15, -0.1) is 0 Å². The number of carbonyl (C=O) groups is 2. The number of fused-ring (bicyclic) bond motifs is 1. The Hall–Kier alpha value is -3.48. The van der Waals surface area contributed by atoms with Gasteiger partial charge in [0.2, 0.25) is 5.91 Å². The first kappa shape index (κ1) is 21.7. The Labute approximate surface area is 186 Å². The molecular formula is C25H27FN4O2. The SMILES string of the molecule is CN(C)c1ccc(CC(=O)N2CCCC(c3nc4ccc(F)cc4cc3C(N)=O)C2)cc1. The Kier molecular flexibility index (Phi) is 6.08. The Bertz CT molecular complexity index is 1160. The highest BCUT2D eigenvalue weighted by Gasteiger charge is 2.28. The van der Waals surface area contributed by atoms with Crippen molar-refractivity contribution in [1.82, 2.24) is 9.88 Å². The van der Waals surface area contributed by atoms with E-state index in [4.69, 9.17) is 5.73 Å². The summed E-state index contributed by atoms with van der Waals surface area (Å²) in [4.78, 5) is 33.6. The molecule has 2 N–H and O–H groups in total. The van der Waals surface area contributed by atoms with E-state index in [2.05, 4.69) is 4.98 Å². The number of hydrogen-bond acceptors (Lipinski definition) is 4. The van der Waals surface area contributed by atoms with Crippen molar-refractivity contribution in [1.29, 1.82) is 0 Å². The monoisotopic (exact) mass is 434 g/mol. The molecule has 1 aromatic heterocycles. The zero-order valence-electron chi connectivity index (χ0n) is 18.3. The van der Waals surface area contributed by atoms with Crippen LogP contribution in [0.5, 0.6) is 0 Å². The topological polar surface area (TPSA) is 79.5 Å². The van der Waals surface area contributed by atoms with E-state index in [9.17, 15) is 14.0 Å². The molecule has 0 bridgehead atoms. The van der Waals surface area contributed by atoms with Gasteiger partial charge in [-0.1, -0.05) is 12.1 Å². The van der Waals surface area contributed by atoms with E-state index in [-0.39, 0.29) is 11.8 Å². The van der Waals surface area contributed by atoms with E-state index >= 15 is 0 Å². The number of aromatic nitrogens is 1. The van der Waals surface area contributed by atoms with Gasteiger partial charge in [0, 0.05) is 44.2 Å². The van der Waals surface area contributed by atoms with E-state index in [0.29, 0.717) is 41.7 Å². The van der Waals surface area contributed by atoms with Crippen molar-refractivity contribution in [2.24, 2.45) is 5.73 Å². The van der Waals surface area contributed by atoms with E-state index in [0.717, 1.165) is 24.1 Å². The Morgan fingerprint density at radius 2 is 1.91 bits per heavy atom. The van der Waals surface area contributed by atoms with Gasteiger partial charge < -0.3 is 15.5 Å². The summed E-state index contributed by atoms with van der Waals surface area (Å²) in [5, 5.41) is 0.535. The van der Waals surface area contributed by atoms with Crippen molar-refractivity contribution in [2.45, 2.75) is 25.2 Å². The van der Waals surface area contributed by atoms with Crippen LogP contribution in [0, 0.1) is 5.82 Å². The van der Waals surface area contributed by atoms with Crippen molar-refractivity contribution in [3.8, 4) is 0 Å². The molecule has 32 heavy (non-hydrogen) atoms. The van der Waals surface area contributed by atoms with E-state index in [1.165, 1.54) is 12.1 Å². The van der Waals surface area contributed by atoms with E-state index in [1.54, 1.807) is 12.1 Å². The number of anilines is 1. The summed E-state index contributed by atoms with van der Waals surface area (Å²) in [5.74, 6) is -1.03. The number of amides is 2. The van der Waals surface area contributed by atoms with Gasteiger partial charge in [-0.2, -0.15) is 0 Å². The zero-order valence-corrected chi connectivity index (χ0v) is 18.3. The van der Waals surface area contributed by atoms with Crippen LogP contribution in [0.15, 0.2) is 48.5 Å². The molecule has 0 aliphatic carbocycles. The second kappa shape index (κ2) is 8.94. The van der Waals surface area contributed by atoms with Crippen LogP contribution in [0.4, 0.5) is 10.1 Å². The van der Waals surface area contributed by atoms with Gasteiger partial charge in [0.1, 0.15) is 5.82 Å². The highest BCUT2D eigenvalue weighted by Crippen LogP contribution is 2.30. The number of primary amides is 1. The standard InChI is InChI=1S/C25H27FN4O2/c1-29(2)20-8-5-16(6-9-20)12-23(31)30-11-3-4-17(15-30)24-21(25(27)32)14-18-13-19(26)7-10-22(18)28-24/h5-10,13-14,17H,3-4,11-12,15H2,1-2H3,(H2,27,32). The molecule has 2 amide bonds. The number of nitrogens with two attached hydrogens (primary N) is 1. The summed E-state index contributed by atoms with van der Waals surface area (Å²) in [5.41, 5.74) is 9.16. The van der Waals surface area contributed by atoms with Gasteiger partial charge in [-0.25, -0.2) is 4.39 Å². The molecule has 1 saturated heterocycles. The summed E-state index contributed by atoms with van der Waals surface area (Å²) in [6, 6.07) is 13.9. The van der Waals surface area contributed by atoms with Crippen LogP contribution in [0.1, 0.15) is 40.4 Å². The number of benzene rings is 2. The number of hydrogen-bond donors (Lipinski definition) is 1. The first-order valence-electron chi connectivity index (χ1n) is 10.8. The number of piperidine rings is 1. The van der Waals surface area contributed by atoms with Crippen LogP contribution < -0.4 is 10.6 Å². The quantitative estimate of drug-likeness (QED) is 0.667. The molecule has 0 radical (unpaired) electrons. The van der Waals surface area contributed by atoms with Gasteiger partial charge in [-0.3, -0.25) is 14.6 Å². The third kappa shape index (κ3) is 4.56. The number of halogens is 1. The second-order valence-electron chi connectivity index (χ2n) is 8.54. The van der Waals surface area contributed by atoms with Gasteiger partial charge in [-0.05, 0) is 54.8 Å². The van der Waals surface area contributed by atoms with Gasteiger partial charge >= 0.3 is 0 Å². The third-order valence-corrected chi connectivity index (χ3v) is 6.04. The first-order valence-corrected chi connectivity index (χ1v) is 10.8. The summed E-state index contributed by atoms with van der Waals surface area (Å²) in [6.07, 6.45) is 1.95. The van der Waals surface area contributed by atoms with Crippen LogP contribution in [0.2, 0.25) is 0 Å². The van der Waals surface area contributed by atoms with E-state index in [1.807, 2.05) is 48.2 Å². The molecule has 4 rings (SSSR count). The highest BCUT2D eigenvalue weighted by atomic mass is 19.1. The Morgan fingerprint density at radius 3 is 2.59 bits per heavy atom. The largest absolute Gasteiger partial charge is 0.378 e. The fourth-order valence-electron chi connectivity index (χ4n) is 4.30. The molecular weight excluding hydrogens is 407 g/mol. The summed E-state index contributed by atoms with van der Waals surface area (Å²) < 4.78 is 13.6. The fraction of sp³-hybridized carbons (Fsp3) is 0.320. The second-order valence-corrected chi connectivity index (χ2v) is 8.54. The first-order chi connectivity index (χ1) is 15.3. The molecule has 1 atom stereocenters. The predicted molar refractivity (Wildman–Crippen MR) is 123 cm³/mol. The maximum atomic E-state index is 13.6. The zero-order chi connectivity index (χ0) is 22.8. The minimum Gasteiger partial charge on any atom is -0.378 e. The maximum Gasteiger partial charge on any atom is 0.250 e. The lowest BCUT2D eigenvalue weighted by molar-refractivity contribution is -0.131. The Morgan fingerprint density at radius 1 is 1.16 bits per heavy atom. The summed E-state index contributed by atoms with van der Waals surface area (Å²) in [6.45, 7) is 1.16. The molecule has 7 heteroatoms. The highest BCUT2D eigenvalue weighted by molar-refractivity contribution is 5.98. The van der Waals surface area contributed by atoms with Crippen LogP contribution in [0.3, 0.4) is 0 Å². The summed E-state index contributed by atoms with van der Waals surface area (Å²) >= 11 is 0. The molecule has 2 aromatic carbocycles. The van der Waals surface area contributed by atoms with Crippen molar-refractivity contribution in [3.05, 3.63) is 71.2 Å². The van der Waals surface area contributed by atoms with Gasteiger partial charge in [0.15, 0.2) is 0 Å². The average molecular weight is 435 g/mol. The number of rotatable bonds is 5. The van der Waals surface area contributed by atoms with Crippen LogP contribution >= 0.6 is 0 Å². The normalized spacial score (nSPS) is 16.2. The molecule has 1 aliphatic rings. The molecule has 0 spiro atoms. The number of carbonyl (C=O) groups excluding carboxylic acids is 2. The predicted octanol–water partition coefficient (Wildman–Crippen LogP) is 3.49. The minimum atomic E-state index is -0.594. The summed E-state index contributed by atoms with van der Waals surface area (Å²) in [7, 11) is 3.96. The smallest absolute Gasteiger partial charge is 0.250 e. The van der Waals surface area contributed by atoms with E-state index < -0.39 is 11.7 Å². The van der Waals surface area contributed by atoms with Crippen molar-refractivity contribution in [3.63, 3.8) is 0 Å². The molecule has 6 nitrogen and oxygen atoms in total. The number of pyridine rings is 1. The van der Waals surface area contributed by atoms with Gasteiger partial charge in [0.25, 0.3) is 5.91 Å². The molecule has 2 heterocycles.